The molecule has 102 valence electrons. The van der Waals surface area contributed by atoms with Crippen LogP contribution in [0.15, 0.2) is 8.68 Å². The summed E-state index contributed by atoms with van der Waals surface area (Å²) < 4.78 is 1.99. The molecular weight excluding hydrogens is 288 g/mol. The van der Waals surface area contributed by atoms with Crippen LogP contribution in [0.25, 0.3) is 0 Å². The molecule has 7 heteroatoms. The first-order valence-corrected chi connectivity index (χ1v) is 8.72. The summed E-state index contributed by atoms with van der Waals surface area (Å²) in [6.45, 7) is 3.55. The molecule has 0 amide bonds. The number of nitrogens with zero attached hydrogens (tertiary/aromatic N) is 2. The first-order valence-electron chi connectivity index (χ1n) is 5.69. The van der Waals surface area contributed by atoms with Gasteiger partial charge in [-0.3, -0.25) is 4.79 Å². The van der Waals surface area contributed by atoms with Crippen LogP contribution in [-0.2, 0) is 4.79 Å². The molecule has 0 aliphatic carbocycles. The van der Waals surface area contributed by atoms with Gasteiger partial charge < -0.3 is 5.11 Å². The monoisotopic (exact) mass is 306 g/mol. The van der Waals surface area contributed by atoms with Crippen LogP contribution < -0.4 is 0 Å². The van der Waals surface area contributed by atoms with Gasteiger partial charge in [-0.05, 0) is 32.9 Å². The molecule has 1 N–H and O–H groups in total. The molecule has 4 nitrogen and oxygen atoms in total. The number of carboxylic acids is 1. The summed E-state index contributed by atoms with van der Waals surface area (Å²) in [5.41, 5.74) is -0.612. The molecule has 0 saturated carbocycles. The molecule has 1 aromatic rings. The molecule has 0 aromatic carbocycles. The number of carbonyl (C=O) groups is 1. The van der Waals surface area contributed by atoms with Gasteiger partial charge in [0.1, 0.15) is 0 Å². The van der Waals surface area contributed by atoms with Gasteiger partial charge in [0.25, 0.3) is 0 Å². The maximum absolute atomic E-state index is 10.9. The van der Waals surface area contributed by atoms with Gasteiger partial charge >= 0.3 is 5.97 Å². The van der Waals surface area contributed by atoms with Gasteiger partial charge in [0, 0.05) is 5.75 Å². The first kappa shape index (κ1) is 15.8. The van der Waals surface area contributed by atoms with Crippen molar-refractivity contribution in [1.82, 2.24) is 10.2 Å². The van der Waals surface area contributed by atoms with Crippen LogP contribution in [0, 0.1) is 5.41 Å². The van der Waals surface area contributed by atoms with Crippen molar-refractivity contribution in [3.05, 3.63) is 0 Å². The third kappa shape index (κ3) is 5.16. The lowest BCUT2D eigenvalue weighted by Crippen LogP contribution is -2.23. The van der Waals surface area contributed by atoms with E-state index >= 15 is 0 Å². The Morgan fingerprint density at radius 2 is 2.00 bits per heavy atom. The number of rotatable bonds is 8. The third-order valence-electron chi connectivity index (χ3n) is 2.56. The van der Waals surface area contributed by atoms with Crippen LogP contribution in [0.4, 0.5) is 0 Å². The largest absolute Gasteiger partial charge is 0.481 e. The van der Waals surface area contributed by atoms with Gasteiger partial charge in [0.2, 0.25) is 0 Å². The Kier molecular flexibility index (Phi) is 6.45. The SMILES string of the molecule is CSc1nnc(SCCCCC(C)(C)C(=O)O)s1. The molecule has 0 unspecified atom stereocenters. The summed E-state index contributed by atoms with van der Waals surface area (Å²) in [7, 11) is 0. The van der Waals surface area contributed by atoms with E-state index in [2.05, 4.69) is 10.2 Å². The molecule has 1 heterocycles. The van der Waals surface area contributed by atoms with Crippen LogP contribution in [0.1, 0.15) is 33.1 Å². The number of hydrogen-bond donors (Lipinski definition) is 1. The van der Waals surface area contributed by atoms with Crippen molar-refractivity contribution in [2.75, 3.05) is 12.0 Å². The average Bonchev–Trinajstić information content (AvgIpc) is 2.76. The quantitative estimate of drug-likeness (QED) is 0.584. The Morgan fingerprint density at radius 1 is 1.33 bits per heavy atom. The van der Waals surface area contributed by atoms with Gasteiger partial charge in [-0.25, -0.2) is 0 Å². The lowest BCUT2D eigenvalue weighted by atomic mass is 9.88. The third-order valence-corrected chi connectivity index (χ3v) is 5.68. The number of unbranched alkanes of at least 4 members (excludes halogenated alkanes) is 1. The van der Waals surface area contributed by atoms with E-state index in [0.717, 1.165) is 33.7 Å². The zero-order valence-corrected chi connectivity index (χ0v) is 13.3. The normalized spacial score (nSPS) is 11.7. The Labute approximate surface area is 120 Å². The van der Waals surface area contributed by atoms with Gasteiger partial charge in [0.05, 0.1) is 5.41 Å². The maximum atomic E-state index is 10.9. The molecule has 0 aliphatic heterocycles. The van der Waals surface area contributed by atoms with Crippen LogP contribution in [0.2, 0.25) is 0 Å². The zero-order chi connectivity index (χ0) is 13.6. The molecule has 0 fully saturated rings. The van der Waals surface area contributed by atoms with E-state index in [1.54, 1.807) is 48.7 Å². The number of hydrogen-bond acceptors (Lipinski definition) is 6. The first-order chi connectivity index (χ1) is 8.45. The molecule has 0 spiro atoms. The van der Waals surface area contributed by atoms with Crippen molar-refractivity contribution >= 4 is 40.8 Å². The van der Waals surface area contributed by atoms with Gasteiger partial charge in [-0.15, -0.1) is 10.2 Å². The predicted molar refractivity (Wildman–Crippen MR) is 77.7 cm³/mol. The minimum atomic E-state index is -0.719. The molecular formula is C11H18N2O2S3. The fourth-order valence-electron chi connectivity index (χ4n) is 1.27. The molecule has 1 aromatic heterocycles. The summed E-state index contributed by atoms with van der Waals surface area (Å²) in [6.07, 6.45) is 4.65. The number of aromatic nitrogens is 2. The van der Waals surface area contributed by atoms with Crippen LogP contribution in [-0.4, -0.2) is 33.3 Å². The van der Waals surface area contributed by atoms with E-state index in [4.69, 9.17) is 5.11 Å². The zero-order valence-electron chi connectivity index (χ0n) is 10.8. The van der Waals surface area contributed by atoms with Crippen molar-refractivity contribution in [3.8, 4) is 0 Å². The molecule has 18 heavy (non-hydrogen) atoms. The highest BCUT2D eigenvalue weighted by Crippen LogP contribution is 2.29. The number of aliphatic carboxylic acids is 1. The topological polar surface area (TPSA) is 63.1 Å². The highest BCUT2D eigenvalue weighted by Gasteiger charge is 2.25. The second-order valence-corrected chi connectivity index (χ2v) is 7.91. The van der Waals surface area contributed by atoms with Gasteiger partial charge in [-0.2, -0.15) is 0 Å². The van der Waals surface area contributed by atoms with Crippen LogP contribution in [0.3, 0.4) is 0 Å². The van der Waals surface area contributed by atoms with Gasteiger partial charge in [0.15, 0.2) is 8.68 Å². The summed E-state index contributed by atoms with van der Waals surface area (Å²) in [5.74, 6) is 0.252. The lowest BCUT2D eigenvalue weighted by Gasteiger charge is -2.18. The number of carboxylic acid groups (broad SMARTS) is 1. The van der Waals surface area contributed by atoms with Crippen molar-refractivity contribution in [2.24, 2.45) is 5.41 Å². The van der Waals surface area contributed by atoms with E-state index in [9.17, 15) is 4.79 Å². The Hall–Kier alpha value is -0.270. The highest BCUT2D eigenvalue weighted by molar-refractivity contribution is 8.02. The van der Waals surface area contributed by atoms with Crippen molar-refractivity contribution in [1.29, 1.82) is 0 Å². The minimum Gasteiger partial charge on any atom is -0.481 e. The van der Waals surface area contributed by atoms with E-state index in [1.807, 2.05) is 6.26 Å². The summed E-state index contributed by atoms with van der Waals surface area (Å²) in [4.78, 5) is 10.9. The Morgan fingerprint density at radius 3 is 2.56 bits per heavy atom. The van der Waals surface area contributed by atoms with E-state index in [-0.39, 0.29) is 0 Å². The second kappa shape index (κ2) is 7.35. The van der Waals surface area contributed by atoms with Gasteiger partial charge in [-0.1, -0.05) is 41.3 Å². The fourth-order valence-corrected chi connectivity index (χ4v) is 3.78. The van der Waals surface area contributed by atoms with E-state index < -0.39 is 11.4 Å². The molecule has 0 radical (unpaired) electrons. The summed E-state index contributed by atoms with van der Waals surface area (Å²) >= 11 is 4.92. The summed E-state index contributed by atoms with van der Waals surface area (Å²) in [6, 6.07) is 0. The Bertz CT molecular complexity index is 393. The fraction of sp³-hybridized carbons (Fsp3) is 0.727. The second-order valence-electron chi connectivity index (χ2n) is 4.53. The van der Waals surface area contributed by atoms with E-state index in [0.29, 0.717) is 0 Å². The van der Waals surface area contributed by atoms with E-state index in [1.165, 1.54) is 0 Å². The van der Waals surface area contributed by atoms with Crippen LogP contribution in [0.5, 0.6) is 0 Å². The molecule has 0 bridgehead atoms. The average molecular weight is 306 g/mol. The maximum Gasteiger partial charge on any atom is 0.309 e. The summed E-state index contributed by atoms with van der Waals surface area (Å²) in [5, 5.41) is 17.1. The molecule has 0 saturated heterocycles. The molecule has 0 atom stereocenters. The minimum absolute atomic E-state index is 0.612. The smallest absolute Gasteiger partial charge is 0.309 e. The molecule has 1 rings (SSSR count). The number of thioether (sulfide) groups is 2. The Balaban J connectivity index is 2.17. The molecule has 0 aliphatic rings. The highest BCUT2D eigenvalue weighted by atomic mass is 32.2. The lowest BCUT2D eigenvalue weighted by molar-refractivity contribution is -0.147. The predicted octanol–water partition coefficient (Wildman–Crippen LogP) is 3.63. The van der Waals surface area contributed by atoms with Crippen molar-refractivity contribution in [3.63, 3.8) is 0 Å². The van der Waals surface area contributed by atoms with Crippen LogP contribution >= 0.6 is 34.9 Å². The van der Waals surface area contributed by atoms with Crippen molar-refractivity contribution < 1.29 is 9.90 Å². The van der Waals surface area contributed by atoms with Crippen molar-refractivity contribution in [2.45, 2.75) is 41.8 Å². The standard InChI is InChI=1S/C11H18N2O2S3/c1-11(2,8(14)15)6-4-5-7-17-10-13-12-9(16-3)18-10/h4-7H2,1-3H3,(H,14,15).